The first-order chi connectivity index (χ1) is 8.29. The van der Waals surface area contributed by atoms with Crippen molar-refractivity contribution < 1.29 is 22.8 Å². The molecule has 96 valence electrons. The van der Waals surface area contributed by atoms with Crippen molar-refractivity contribution in [1.29, 1.82) is 0 Å². The summed E-state index contributed by atoms with van der Waals surface area (Å²) < 4.78 is 36.4. The molecule has 7 heteroatoms. The summed E-state index contributed by atoms with van der Waals surface area (Å²) in [5.74, 6) is -1.77. The summed E-state index contributed by atoms with van der Waals surface area (Å²) in [5, 5.41) is 0.257. The molecule has 0 atom stereocenters. The second kappa shape index (κ2) is 4.28. The van der Waals surface area contributed by atoms with Gasteiger partial charge in [0, 0.05) is 11.6 Å². The number of alkyl halides is 3. The number of carbonyl (C=O) groups excluding carboxylic acids is 2. The Morgan fingerprint density at radius 2 is 1.89 bits per heavy atom. The zero-order valence-corrected chi connectivity index (χ0v) is 9.68. The number of ketones is 1. The van der Waals surface area contributed by atoms with Gasteiger partial charge in [0.05, 0.1) is 17.7 Å². The Labute approximate surface area is 105 Å². The van der Waals surface area contributed by atoms with E-state index in [0.717, 1.165) is 4.90 Å². The lowest BCUT2D eigenvalue weighted by Gasteiger charge is -2.17. The number of hydrogen-bond acceptors (Lipinski definition) is 2. The molecule has 0 saturated carbocycles. The fourth-order valence-corrected chi connectivity index (χ4v) is 1.91. The molecule has 1 amide bonds. The van der Waals surface area contributed by atoms with Gasteiger partial charge < -0.3 is 4.90 Å². The van der Waals surface area contributed by atoms with Gasteiger partial charge in [0.25, 0.3) is 11.7 Å². The standard InChI is InChI=1S/C11H7ClF3NO2/c12-6-1-2-8-7(5-6)9(17)10(18)16(8)4-3-11(13,14)15/h1-2,5H,3-4H2. The third kappa shape index (κ3) is 2.33. The van der Waals surface area contributed by atoms with E-state index >= 15 is 0 Å². The van der Waals surface area contributed by atoms with Crippen LogP contribution in [0.5, 0.6) is 0 Å². The third-order valence-electron chi connectivity index (χ3n) is 2.55. The molecule has 0 aromatic heterocycles. The minimum absolute atomic E-state index is 0.0506. The van der Waals surface area contributed by atoms with E-state index in [0.29, 0.717) is 0 Å². The Hall–Kier alpha value is -1.56. The maximum atomic E-state index is 12.1. The van der Waals surface area contributed by atoms with Crippen LogP contribution in [0.3, 0.4) is 0 Å². The van der Waals surface area contributed by atoms with Crippen molar-refractivity contribution in [3.8, 4) is 0 Å². The number of Topliss-reactive ketones (excluding diaryl/α,β-unsaturated/α-hetero) is 1. The zero-order valence-electron chi connectivity index (χ0n) is 8.92. The van der Waals surface area contributed by atoms with Crippen molar-refractivity contribution in [2.24, 2.45) is 0 Å². The largest absolute Gasteiger partial charge is 0.390 e. The quantitative estimate of drug-likeness (QED) is 0.780. The van der Waals surface area contributed by atoms with E-state index in [1.54, 1.807) is 0 Å². The van der Waals surface area contributed by atoms with Crippen molar-refractivity contribution in [2.45, 2.75) is 12.6 Å². The first-order valence-corrected chi connectivity index (χ1v) is 5.40. The van der Waals surface area contributed by atoms with E-state index in [9.17, 15) is 22.8 Å². The number of anilines is 1. The highest BCUT2D eigenvalue weighted by molar-refractivity contribution is 6.52. The lowest BCUT2D eigenvalue weighted by Crippen LogP contribution is -2.33. The van der Waals surface area contributed by atoms with E-state index in [1.807, 2.05) is 0 Å². The average molecular weight is 278 g/mol. The molecular formula is C11H7ClF3NO2. The van der Waals surface area contributed by atoms with Crippen LogP contribution in [0.4, 0.5) is 18.9 Å². The lowest BCUT2D eigenvalue weighted by molar-refractivity contribution is -0.133. The Morgan fingerprint density at radius 3 is 2.50 bits per heavy atom. The molecule has 0 spiro atoms. The lowest BCUT2D eigenvalue weighted by atomic mass is 10.1. The second-order valence-corrected chi connectivity index (χ2v) is 4.25. The monoisotopic (exact) mass is 277 g/mol. The van der Waals surface area contributed by atoms with Crippen LogP contribution in [0.2, 0.25) is 5.02 Å². The van der Waals surface area contributed by atoms with Crippen LogP contribution in [0.25, 0.3) is 0 Å². The first kappa shape index (κ1) is 12.9. The predicted molar refractivity (Wildman–Crippen MR) is 58.8 cm³/mol. The highest BCUT2D eigenvalue weighted by atomic mass is 35.5. The van der Waals surface area contributed by atoms with E-state index in [-0.39, 0.29) is 16.3 Å². The maximum Gasteiger partial charge on any atom is 0.390 e. The van der Waals surface area contributed by atoms with Crippen molar-refractivity contribution in [2.75, 3.05) is 11.4 Å². The molecular weight excluding hydrogens is 271 g/mol. The van der Waals surface area contributed by atoms with Gasteiger partial charge >= 0.3 is 6.18 Å². The van der Waals surface area contributed by atoms with Gasteiger partial charge in [0.2, 0.25) is 0 Å². The molecule has 1 aliphatic heterocycles. The minimum Gasteiger partial charge on any atom is -0.304 e. The molecule has 0 saturated heterocycles. The van der Waals surface area contributed by atoms with Gasteiger partial charge in [-0.3, -0.25) is 9.59 Å². The predicted octanol–water partition coefficient (Wildman–Crippen LogP) is 2.82. The van der Waals surface area contributed by atoms with Crippen LogP contribution < -0.4 is 4.90 Å². The molecule has 1 aliphatic rings. The minimum atomic E-state index is -4.38. The van der Waals surface area contributed by atoms with Crippen LogP contribution in [0.15, 0.2) is 18.2 Å². The van der Waals surface area contributed by atoms with Crippen molar-refractivity contribution in [1.82, 2.24) is 0 Å². The summed E-state index contributed by atoms with van der Waals surface area (Å²) in [5.41, 5.74) is 0.230. The van der Waals surface area contributed by atoms with E-state index in [1.165, 1.54) is 18.2 Å². The number of fused-ring (bicyclic) bond motifs is 1. The molecule has 0 radical (unpaired) electrons. The maximum absolute atomic E-state index is 12.1. The van der Waals surface area contributed by atoms with Gasteiger partial charge in [0.1, 0.15) is 0 Å². The Kier molecular flexibility index (Phi) is 3.06. The van der Waals surface area contributed by atoms with Gasteiger partial charge in [0.15, 0.2) is 0 Å². The molecule has 2 rings (SSSR count). The van der Waals surface area contributed by atoms with Gasteiger partial charge in [-0.25, -0.2) is 0 Å². The summed E-state index contributed by atoms with van der Waals surface area (Å²) in [7, 11) is 0. The molecule has 3 nitrogen and oxygen atoms in total. The third-order valence-corrected chi connectivity index (χ3v) is 2.79. The smallest absolute Gasteiger partial charge is 0.304 e. The van der Waals surface area contributed by atoms with Gasteiger partial charge in [-0.2, -0.15) is 13.2 Å². The van der Waals surface area contributed by atoms with Gasteiger partial charge in [-0.05, 0) is 18.2 Å². The van der Waals surface area contributed by atoms with Gasteiger partial charge in [-0.1, -0.05) is 11.6 Å². The highest BCUT2D eigenvalue weighted by Crippen LogP contribution is 2.32. The summed E-state index contributed by atoms with van der Waals surface area (Å²) >= 11 is 5.67. The topological polar surface area (TPSA) is 37.4 Å². The number of nitrogens with zero attached hydrogens (tertiary/aromatic N) is 1. The molecule has 0 fully saturated rings. The number of halogens is 4. The number of hydrogen-bond donors (Lipinski definition) is 0. The zero-order chi connectivity index (χ0) is 13.5. The summed E-state index contributed by atoms with van der Waals surface area (Å²) in [6.45, 7) is -0.567. The Morgan fingerprint density at radius 1 is 1.22 bits per heavy atom. The van der Waals surface area contributed by atoms with Crippen molar-refractivity contribution in [3.63, 3.8) is 0 Å². The number of benzene rings is 1. The average Bonchev–Trinajstić information content (AvgIpc) is 2.49. The van der Waals surface area contributed by atoms with Gasteiger partial charge in [-0.15, -0.1) is 0 Å². The highest BCUT2D eigenvalue weighted by Gasteiger charge is 2.38. The number of amides is 1. The first-order valence-electron chi connectivity index (χ1n) is 5.02. The molecule has 1 aromatic carbocycles. The van der Waals surface area contributed by atoms with Crippen LogP contribution in [-0.2, 0) is 4.79 Å². The molecule has 0 unspecified atom stereocenters. The Bertz CT molecular complexity index is 528. The molecule has 0 aliphatic carbocycles. The normalized spacial score (nSPS) is 15.2. The fourth-order valence-electron chi connectivity index (χ4n) is 1.73. The summed E-state index contributed by atoms with van der Waals surface area (Å²) in [6.07, 6.45) is -5.54. The van der Waals surface area contributed by atoms with E-state index < -0.39 is 30.8 Å². The molecule has 1 aromatic rings. The number of carbonyl (C=O) groups is 2. The van der Waals surface area contributed by atoms with Crippen LogP contribution >= 0.6 is 11.6 Å². The van der Waals surface area contributed by atoms with Crippen LogP contribution in [0.1, 0.15) is 16.8 Å². The molecule has 18 heavy (non-hydrogen) atoms. The molecule has 0 bridgehead atoms. The molecule has 1 heterocycles. The van der Waals surface area contributed by atoms with Crippen LogP contribution in [0, 0.1) is 0 Å². The van der Waals surface area contributed by atoms with Crippen molar-refractivity contribution in [3.05, 3.63) is 28.8 Å². The van der Waals surface area contributed by atoms with Crippen molar-refractivity contribution >= 4 is 29.0 Å². The SMILES string of the molecule is O=C1C(=O)N(CCC(F)(F)F)c2ccc(Cl)cc21. The molecule has 0 N–H and O–H groups in total. The number of rotatable bonds is 2. The fraction of sp³-hybridized carbons (Fsp3) is 0.273. The van der Waals surface area contributed by atoms with E-state index in [4.69, 9.17) is 11.6 Å². The van der Waals surface area contributed by atoms with Crippen LogP contribution in [-0.4, -0.2) is 24.4 Å². The summed E-state index contributed by atoms with van der Waals surface area (Å²) in [4.78, 5) is 23.9. The van der Waals surface area contributed by atoms with E-state index in [2.05, 4.69) is 0 Å². The Balaban J connectivity index is 2.29. The second-order valence-electron chi connectivity index (χ2n) is 3.81. The summed E-state index contributed by atoms with van der Waals surface area (Å²) in [6, 6.07) is 4.08.